The standard InChI is InChI=1S/C6H6ClFN2/c7-6-9-4-2-5(10-6)1-3-8/h2,4H,1,3H2. The highest BCUT2D eigenvalue weighted by molar-refractivity contribution is 6.28. The van der Waals surface area contributed by atoms with Gasteiger partial charge < -0.3 is 0 Å². The van der Waals surface area contributed by atoms with E-state index >= 15 is 0 Å². The molecule has 0 aliphatic rings. The number of halogens is 2. The average Bonchev–Trinajstić information content (AvgIpc) is 1.88. The van der Waals surface area contributed by atoms with Gasteiger partial charge in [-0.3, -0.25) is 4.39 Å². The van der Waals surface area contributed by atoms with E-state index in [1.54, 1.807) is 6.07 Å². The summed E-state index contributed by atoms with van der Waals surface area (Å²) in [6.07, 6.45) is 1.82. The van der Waals surface area contributed by atoms with Crippen LogP contribution in [0.2, 0.25) is 5.28 Å². The van der Waals surface area contributed by atoms with Gasteiger partial charge in [0.1, 0.15) is 0 Å². The minimum Gasteiger partial charge on any atom is -0.251 e. The number of alkyl halides is 1. The van der Waals surface area contributed by atoms with E-state index in [4.69, 9.17) is 11.6 Å². The lowest BCUT2D eigenvalue weighted by molar-refractivity contribution is 0.491. The minimum absolute atomic E-state index is 0.172. The largest absolute Gasteiger partial charge is 0.251 e. The summed E-state index contributed by atoms with van der Waals surface area (Å²) < 4.78 is 11.7. The van der Waals surface area contributed by atoms with Crippen molar-refractivity contribution in [3.63, 3.8) is 0 Å². The van der Waals surface area contributed by atoms with Crippen LogP contribution in [0, 0.1) is 0 Å². The topological polar surface area (TPSA) is 25.8 Å². The zero-order valence-corrected chi connectivity index (χ0v) is 5.98. The van der Waals surface area contributed by atoms with Gasteiger partial charge in [-0.15, -0.1) is 0 Å². The fourth-order valence-corrected chi connectivity index (χ4v) is 0.770. The maximum atomic E-state index is 11.7. The Labute approximate surface area is 63.1 Å². The van der Waals surface area contributed by atoms with E-state index in [0.29, 0.717) is 12.1 Å². The van der Waals surface area contributed by atoms with E-state index in [1.807, 2.05) is 0 Å². The first-order chi connectivity index (χ1) is 4.83. The second-order valence-corrected chi connectivity index (χ2v) is 2.09. The molecule has 1 aromatic heterocycles. The first kappa shape index (κ1) is 7.41. The Hall–Kier alpha value is -0.700. The molecule has 0 saturated heterocycles. The maximum Gasteiger partial charge on any atom is 0.222 e. The number of aromatic nitrogens is 2. The highest BCUT2D eigenvalue weighted by Crippen LogP contribution is 2.01. The van der Waals surface area contributed by atoms with Gasteiger partial charge in [0.2, 0.25) is 5.28 Å². The van der Waals surface area contributed by atoms with Crippen LogP contribution < -0.4 is 0 Å². The molecular weight excluding hydrogens is 155 g/mol. The predicted molar refractivity (Wildman–Crippen MR) is 36.7 cm³/mol. The molecule has 0 aliphatic heterocycles. The first-order valence-electron chi connectivity index (χ1n) is 2.86. The fourth-order valence-electron chi connectivity index (χ4n) is 0.605. The summed E-state index contributed by atoms with van der Waals surface area (Å²) in [6.45, 7) is -0.409. The Kier molecular flexibility index (Phi) is 2.57. The second-order valence-electron chi connectivity index (χ2n) is 1.76. The third kappa shape index (κ3) is 1.92. The molecule has 0 unspecified atom stereocenters. The van der Waals surface area contributed by atoms with Gasteiger partial charge in [-0.1, -0.05) is 0 Å². The Bertz CT molecular complexity index is 217. The van der Waals surface area contributed by atoms with Crippen LogP contribution in [-0.4, -0.2) is 16.6 Å². The van der Waals surface area contributed by atoms with Crippen molar-refractivity contribution in [3.8, 4) is 0 Å². The van der Waals surface area contributed by atoms with Crippen LogP contribution in [0.5, 0.6) is 0 Å². The molecule has 0 atom stereocenters. The summed E-state index contributed by atoms with van der Waals surface area (Å²) in [5.41, 5.74) is 0.641. The van der Waals surface area contributed by atoms with E-state index in [0.717, 1.165) is 0 Å². The SMILES string of the molecule is FCCc1ccnc(Cl)n1. The van der Waals surface area contributed by atoms with Crippen LogP contribution in [0.25, 0.3) is 0 Å². The Morgan fingerprint density at radius 2 is 2.40 bits per heavy atom. The molecular formula is C6H6ClFN2. The molecule has 0 N–H and O–H groups in total. The fraction of sp³-hybridized carbons (Fsp3) is 0.333. The van der Waals surface area contributed by atoms with E-state index in [-0.39, 0.29) is 5.28 Å². The van der Waals surface area contributed by atoms with Gasteiger partial charge in [0, 0.05) is 18.3 Å². The van der Waals surface area contributed by atoms with E-state index in [2.05, 4.69) is 9.97 Å². The molecule has 0 spiro atoms. The van der Waals surface area contributed by atoms with Crippen molar-refractivity contribution >= 4 is 11.6 Å². The molecule has 54 valence electrons. The van der Waals surface area contributed by atoms with Gasteiger partial charge >= 0.3 is 0 Å². The van der Waals surface area contributed by atoms with Crippen LogP contribution in [0.3, 0.4) is 0 Å². The zero-order valence-electron chi connectivity index (χ0n) is 5.22. The lowest BCUT2D eigenvalue weighted by Gasteiger charge is -1.93. The van der Waals surface area contributed by atoms with Crippen LogP contribution in [-0.2, 0) is 6.42 Å². The first-order valence-corrected chi connectivity index (χ1v) is 3.24. The number of hydrogen-bond donors (Lipinski definition) is 0. The number of hydrogen-bond acceptors (Lipinski definition) is 2. The van der Waals surface area contributed by atoms with Gasteiger partial charge in [-0.05, 0) is 17.7 Å². The lowest BCUT2D eigenvalue weighted by atomic mass is 10.3. The van der Waals surface area contributed by atoms with Gasteiger partial charge in [0.25, 0.3) is 0 Å². The van der Waals surface area contributed by atoms with Crippen molar-refractivity contribution in [1.82, 2.24) is 9.97 Å². The number of rotatable bonds is 2. The third-order valence-corrected chi connectivity index (χ3v) is 1.22. The third-order valence-electron chi connectivity index (χ3n) is 1.03. The molecule has 0 aromatic carbocycles. The van der Waals surface area contributed by atoms with Crippen LogP contribution in [0.1, 0.15) is 5.69 Å². The molecule has 2 nitrogen and oxygen atoms in total. The summed E-state index contributed by atoms with van der Waals surface area (Å²) in [4.78, 5) is 7.43. The summed E-state index contributed by atoms with van der Waals surface area (Å²) in [5, 5.41) is 0.172. The van der Waals surface area contributed by atoms with Crippen molar-refractivity contribution in [2.45, 2.75) is 6.42 Å². The summed E-state index contributed by atoms with van der Waals surface area (Å²) in [7, 11) is 0. The zero-order chi connectivity index (χ0) is 7.40. The van der Waals surface area contributed by atoms with Crippen LogP contribution in [0.4, 0.5) is 4.39 Å². The smallest absolute Gasteiger partial charge is 0.222 e. The van der Waals surface area contributed by atoms with Crippen molar-refractivity contribution in [2.24, 2.45) is 0 Å². The Morgan fingerprint density at radius 1 is 1.60 bits per heavy atom. The van der Waals surface area contributed by atoms with Gasteiger partial charge in [0.05, 0.1) is 6.67 Å². The molecule has 0 radical (unpaired) electrons. The van der Waals surface area contributed by atoms with Crippen LogP contribution >= 0.6 is 11.6 Å². The van der Waals surface area contributed by atoms with Crippen molar-refractivity contribution in [2.75, 3.05) is 6.67 Å². The molecule has 0 aliphatic carbocycles. The molecule has 1 rings (SSSR count). The van der Waals surface area contributed by atoms with Crippen molar-refractivity contribution < 1.29 is 4.39 Å². The summed E-state index contributed by atoms with van der Waals surface area (Å²) in [6, 6.07) is 1.64. The quantitative estimate of drug-likeness (QED) is 0.615. The predicted octanol–water partition coefficient (Wildman–Crippen LogP) is 1.64. The molecule has 0 fully saturated rings. The summed E-state index contributed by atoms with van der Waals surface area (Å²) >= 11 is 5.44. The van der Waals surface area contributed by atoms with E-state index < -0.39 is 6.67 Å². The highest BCUT2D eigenvalue weighted by atomic mass is 35.5. The number of aryl methyl sites for hydroxylation is 1. The molecule has 4 heteroatoms. The molecule has 0 amide bonds. The van der Waals surface area contributed by atoms with E-state index in [9.17, 15) is 4.39 Å². The van der Waals surface area contributed by atoms with Crippen molar-refractivity contribution in [1.29, 1.82) is 0 Å². The Morgan fingerprint density at radius 3 is 3.00 bits per heavy atom. The normalized spacial score (nSPS) is 9.80. The van der Waals surface area contributed by atoms with Gasteiger partial charge in [-0.25, -0.2) is 9.97 Å². The molecule has 0 bridgehead atoms. The maximum absolute atomic E-state index is 11.7. The highest BCUT2D eigenvalue weighted by Gasteiger charge is 1.94. The average molecular weight is 161 g/mol. The van der Waals surface area contributed by atoms with Gasteiger partial charge in [0.15, 0.2) is 0 Å². The van der Waals surface area contributed by atoms with Crippen LogP contribution in [0.15, 0.2) is 12.3 Å². The second kappa shape index (κ2) is 3.46. The Balaban J connectivity index is 2.75. The summed E-state index contributed by atoms with van der Waals surface area (Å²) in [5.74, 6) is 0. The van der Waals surface area contributed by atoms with Gasteiger partial charge in [-0.2, -0.15) is 0 Å². The number of nitrogens with zero attached hydrogens (tertiary/aromatic N) is 2. The van der Waals surface area contributed by atoms with Crippen molar-refractivity contribution in [3.05, 3.63) is 23.2 Å². The minimum atomic E-state index is -0.409. The lowest BCUT2D eigenvalue weighted by Crippen LogP contribution is -1.92. The van der Waals surface area contributed by atoms with E-state index in [1.165, 1.54) is 6.20 Å². The molecule has 1 heterocycles. The molecule has 0 saturated carbocycles. The molecule has 10 heavy (non-hydrogen) atoms. The monoisotopic (exact) mass is 160 g/mol. The molecule has 1 aromatic rings.